The highest BCUT2D eigenvalue weighted by atomic mass is 32.1. The largest absolute Gasteiger partial charge is 0.342 e. The van der Waals surface area contributed by atoms with E-state index in [-0.39, 0.29) is 17.8 Å². The molecule has 0 aliphatic carbocycles. The molecule has 178 valence electrons. The van der Waals surface area contributed by atoms with Crippen molar-refractivity contribution in [3.05, 3.63) is 88.1 Å². The van der Waals surface area contributed by atoms with Crippen LogP contribution in [0.1, 0.15) is 47.5 Å². The molecular formula is C27H26FN5OS. The second-order valence-electron chi connectivity index (χ2n) is 9.22. The number of nitrogens with zero attached hydrogens (tertiary/aromatic N) is 4. The molecule has 0 bridgehead atoms. The second-order valence-corrected chi connectivity index (χ2v) is 10.2. The van der Waals surface area contributed by atoms with Crippen LogP contribution in [0.4, 0.5) is 4.39 Å². The molecule has 1 fully saturated rings. The maximum Gasteiger partial charge on any atom is 0.257 e. The molecular weight excluding hydrogens is 461 g/mol. The highest BCUT2D eigenvalue weighted by Crippen LogP contribution is 2.34. The van der Waals surface area contributed by atoms with Gasteiger partial charge >= 0.3 is 0 Å². The standard InChI is InChI=1S/C27H26FN5OS/c28-20-9-7-18(8-10-20)24-16-23(25-6-3-15-35-25)31-33(24)26(34)17-32-13-11-19(12-14-32)27-29-21-4-1-2-5-22(21)30-27/h1-10,15,19,24H,11-14,16-17H2,(H,29,30)/t24-/m0/s1. The first-order valence-electron chi connectivity index (χ1n) is 12.0. The number of hydrogen-bond acceptors (Lipinski definition) is 5. The van der Waals surface area contributed by atoms with Crippen LogP contribution >= 0.6 is 11.3 Å². The summed E-state index contributed by atoms with van der Waals surface area (Å²) in [4.78, 5) is 25.0. The van der Waals surface area contributed by atoms with Crippen molar-refractivity contribution in [3.8, 4) is 0 Å². The Balaban J connectivity index is 1.14. The van der Waals surface area contributed by atoms with Crippen LogP contribution in [-0.4, -0.2) is 51.1 Å². The minimum absolute atomic E-state index is 0.0203. The minimum atomic E-state index is -0.281. The van der Waals surface area contributed by atoms with Crippen LogP contribution in [0.2, 0.25) is 0 Å². The van der Waals surface area contributed by atoms with E-state index < -0.39 is 0 Å². The van der Waals surface area contributed by atoms with Gasteiger partial charge in [0.15, 0.2) is 0 Å². The van der Waals surface area contributed by atoms with Gasteiger partial charge in [-0.15, -0.1) is 11.3 Å². The fraction of sp³-hybridized carbons (Fsp3) is 0.296. The van der Waals surface area contributed by atoms with Crippen molar-refractivity contribution in [2.75, 3.05) is 19.6 Å². The predicted molar refractivity (Wildman–Crippen MR) is 136 cm³/mol. The first kappa shape index (κ1) is 22.1. The summed E-state index contributed by atoms with van der Waals surface area (Å²) in [5, 5.41) is 8.37. The van der Waals surface area contributed by atoms with E-state index in [0.29, 0.717) is 18.9 Å². The lowest BCUT2D eigenvalue weighted by molar-refractivity contribution is -0.134. The fourth-order valence-corrected chi connectivity index (χ4v) is 5.79. The molecule has 0 unspecified atom stereocenters. The van der Waals surface area contributed by atoms with Crippen molar-refractivity contribution in [3.63, 3.8) is 0 Å². The van der Waals surface area contributed by atoms with Gasteiger partial charge in [-0.2, -0.15) is 5.10 Å². The van der Waals surface area contributed by atoms with Gasteiger partial charge in [0.05, 0.1) is 34.2 Å². The number of carbonyl (C=O) groups excluding carboxylic acids is 1. The summed E-state index contributed by atoms with van der Waals surface area (Å²) in [5.74, 6) is 1.11. The third-order valence-corrected chi connectivity index (χ3v) is 7.89. The number of para-hydroxylation sites is 2. The van der Waals surface area contributed by atoms with Crippen molar-refractivity contribution in [2.45, 2.75) is 31.2 Å². The van der Waals surface area contributed by atoms with Gasteiger partial charge in [-0.05, 0) is 67.2 Å². The molecule has 2 aromatic heterocycles. The second kappa shape index (κ2) is 9.36. The molecule has 35 heavy (non-hydrogen) atoms. The van der Waals surface area contributed by atoms with Crippen LogP contribution in [0.15, 0.2) is 71.1 Å². The zero-order valence-corrected chi connectivity index (χ0v) is 20.0. The van der Waals surface area contributed by atoms with E-state index in [0.717, 1.165) is 58.9 Å². The molecule has 2 aromatic carbocycles. The Morgan fingerprint density at radius 3 is 2.60 bits per heavy atom. The van der Waals surface area contributed by atoms with Gasteiger partial charge in [0, 0.05) is 12.3 Å². The summed E-state index contributed by atoms with van der Waals surface area (Å²) in [6, 6.07) is 18.3. The molecule has 4 aromatic rings. The van der Waals surface area contributed by atoms with Crippen LogP contribution in [0.25, 0.3) is 11.0 Å². The molecule has 1 amide bonds. The Hall–Kier alpha value is -3.36. The van der Waals surface area contributed by atoms with Gasteiger partial charge in [-0.3, -0.25) is 9.69 Å². The Labute approximate surface area is 207 Å². The molecule has 1 saturated heterocycles. The third kappa shape index (κ3) is 4.51. The Bertz CT molecular complexity index is 1320. The number of hydrazone groups is 1. The number of piperidine rings is 1. The van der Waals surface area contributed by atoms with Gasteiger partial charge in [0.2, 0.25) is 0 Å². The van der Waals surface area contributed by atoms with Crippen LogP contribution in [0, 0.1) is 5.82 Å². The van der Waals surface area contributed by atoms with Gasteiger partial charge in [-0.1, -0.05) is 30.3 Å². The Morgan fingerprint density at radius 1 is 1.06 bits per heavy atom. The number of fused-ring (bicyclic) bond motifs is 1. The van der Waals surface area contributed by atoms with E-state index in [9.17, 15) is 9.18 Å². The number of thiophene rings is 1. The number of halogens is 1. The number of benzene rings is 2. The van der Waals surface area contributed by atoms with Gasteiger partial charge in [0.25, 0.3) is 5.91 Å². The third-order valence-electron chi connectivity index (χ3n) is 6.97. The lowest BCUT2D eigenvalue weighted by atomic mass is 9.96. The van der Waals surface area contributed by atoms with E-state index in [1.54, 1.807) is 28.5 Å². The maximum absolute atomic E-state index is 13.5. The zero-order chi connectivity index (χ0) is 23.8. The predicted octanol–water partition coefficient (Wildman–Crippen LogP) is 5.32. The van der Waals surface area contributed by atoms with E-state index in [1.807, 2.05) is 35.7 Å². The first-order valence-corrected chi connectivity index (χ1v) is 12.9. The summed E-state index contributed by atoms with van der Waals surface area (Å²) in [6.45, 7) is 2.00. The molecule has 6 nitrogen and oxygen atoms in total. The van der Waals surface area contributed by atoms with Crippen LogP contribution in [0.5, 0.6) is 0 Å². The zero-order valence-electron chi connectivity index (χ0n) is 19.2. The molecule has 0 spiro atoms. The van der Waals surface area contributed by atoms with Crippen molar-refractivity contribution < 1.29 is 9.18 Å². The lowest BCUT2D eigenvalue weighted by Gasteiger charge is -2.32. The van der Waals surface area contributed by atoms with Gasteiger partial charge in [0.1, 0.15) is 11.6 Å². The van der Waals surface area contributed by atoms with Crippen molar-refractivity contribution in [1.29, 1.82) is 0 Å². The van der Waals surface area contributed by atoms with E-state index in [4.69, 9.17) is 10.1 Å². The summed E-state index contributed by atoms with van der Waals surface area (Å²) in [6.07, 6.45) is 2.54. The number of amides is 1. The fourth-order valence-electron chi connectivity index (χ4n) is 5.07. The van der Waals surface area contributed by atoms with Crippen LogP contribution < -0.4 is 0 Å². The smallest absolute Gasteiger partial charge is 0.257 e. The first-order chi connectivity index (χ1) is 17.1. The molecule has 4 heterocycles. The van der Waals surface area contributed by atoms with Gasteiger partial charge in [-0.25, -0.2) is 14.4 Å². The number of H-pyrrole nitrogens is 1. The number of likely N-dealkylation sites (tertiary alicyclic amines) is 1. The number of aromatic nitrogens is 2. The molecule has 0 saturated carbocycles. The summed E-state index contributed by atoms with van der Waals surface area (Å²) < 4.78 is 13.5. The summed E-state index contributed by atoms with van der Waals surface area (Å²) in [7, 11) is 0. The van der Waals surface area contributed by atoms with E-state index >= 15 is 0 Å². The van der Waals surface area contributed by atoms with Crippen molar-refractivity contribution in [2.24, 2.45) is 5.10 Å². The molecule has 2 aliphatic heterocycles. The Morgan fingerprint density at radius 2 is 1.86 bits per heavy atom. The van der Waals surface area contributed by atoms with Crippen LogP contribution in [0.3, 0.4) is 0 Å². The average Bonchev–Trinajstić information content (AvgIpc) is 3.64. The number of nitrogens with one attached hydrogen (secondary N) is 1. The summed E-state index contributed by atoms with van der Waals surface area (Å²) >= 11 is 1.62. The quantitative estimate of drug-likeness (QED) is 0.414. The minimum Gasteiger partial charge on any atom is -0.342 e. The normalized spacial score (nSPS) is 19.4. The molecule has 2 aliphatic rings. The molecule has 1 atom stereocenters. The highest BCUT2D eigenvalue weighted by molar-refractivity contribution is 7.12. The number of aromatic amines is 1. The Kier molecular flexibility index (Phi) is 5.91. The lowest BCUT2D eigenvalue weighted by Crippen LogP contribution is -2.41. The number of rotatable bonds is 5. The van der Waals surface area contributed by atoms with E-state index in [1.165, 1.54) is 12.1 Å². The van der Waals surface area contributed by atoms with Gasteiger partial charge < -0.3 is 4.98 Å². The summed E-state index contributed by atoms with van der Waals surface area (Å²) in [5.41, 5.74) is 3.88. The number of carbonyl (C=O) groups is 1. The molecule has 6 rings (SSSR count). The number of imidazole rings is 1. The molecule has 8 heteroatoms. The maximum atomic E-state index is 13.5. The highest BCUT2D eigenvalue weighted by Gasteiger charge is 2.34. The topological polar surface area (TPSA) is 64.6 Å². The van der Waals surface area contributed by atoms with Crippen molar-refractivity contribution in [1.82, 2.24) is 19.9 Å². The number of hydrogen-bond donors (Lipinski definition) is 1. The SMILES string of the molecule is O=C(CN1CCC(c2nc3ccccc3[nH]2)CC1)N1N=C(c2cccs2)C[C@H]1c1ccc(F)cc1. The van der Waals surface area contributed by atoms with Crippen molar-refractivity contribution >= 4 is 34.0 Å². The molecule has 1 N–H and O–H groups in total. The molecule has 0 radical (unpaired) electrons. The van der Waals surface area contributed by atoms with E-state index in [2.05, 4.69) is 16.0 Å². The monoisotopic (exact) mass is 487 g/mol. The average molecular weight is 488 g/mol. The van der Waals surface area contributed by atoms with Crippen LogP contribution in [-0.2, 0) is 4.79 Å².